The second kappa shape index (κ2) is 8.96. The number of allylic oxidation sites excluding steroid dienone is 1. The minimum atomic E-state index is 0.565. The maximum Gasteiger partial charge on any atom is 0.0844 e. The number of rotatable bonds is 10. The van der Waals surface area contributed by atoms with Gasteiger partial charge in [0.15, 0.2) is 0 Å². The fraction of sp³-hybridized carbons (Fsp3) is 0.857. The highest BCUT2D eigenvalue weighted by Gasteiger charge is 2.19. The minimum Gasteiger partial charge on any atom is -0.373 e. The van der Waals surface area contributed by atoms with Crippen molar-refractivity contribution in [3.63, 3.8) is 0 Å². The van der Waals surface area contributed by atoms with Gasteiger partial charge >= 0.3 is 0 Å². The van der Waals surface area contributed by atoms with E-state index in [0.29, 0.717) is 6.10 Å². The summed E-state index contributed by atoms with van der Waals surface area (Å²) < 4.78 is 5.14. The molecule has 1 fully saturated rings. The molecule has 0 saturated carbocycles. The molecule has 0 bridgehead atoms. The number of ether oxygens (including phenoxy) is 1. The molecule has 1 nitrogen and oxygen atoms in total. The molecule has 0 aromatic heterocycles. The van der Waals surface area contributed by atoms with E-state index in [4.69, 9.17) is 4.74 Å². The summed E-state index contributed by atoms with van der Waals surface area (Å²) in [6.07, 6.45) is 17.4. The van der Waals surface area contributed by atoms with Crippen LogP contribution >= 0.6 is 0 Å². The standard InChI is InChI=1S/C14H26O/c1-2-3-4-5-6-7-8-9-10-11-12-14-13-15-14/h10-11,14H,2-9,12-13H2,1H3. The highest BCUT2D eigenvalue weighted by molar-refractivity contribution is 4.87. The fourth-order valence-electron chi connectivity index (χ4n) is 1.79. The third kappa shape index (κ3) is 8.68. The first-order valence-electron chi connectivity index (χ1n) is 6.70. The van der Waals surface area contributed by atoms with Gasteiger partial charge in [0, 0.05) is 0 Å². The van der Waals surface area contributed by atoms with Crippen molar-refractivity contribution in [2.24, 2.45) is 0 Å². The van der Waals surface area contributed by atoms with Crippen LogP contribution in [-0.4, -0.2) is 12.7 Å². The first kappa shape index (κ1) is 12.8. The number of hydrogen-bond donors (Lipinski definition) is 0. The van der Waals surface area contributed by atoms with Gasteiger partial charge in [-0.1, -0.05) is 57.6 Å². The van der Waals surface area contributed by atoms with E-state index in [9.17, 15) is 0 Å². The van der Waals surface area contributed by atoms with Crippen molar-refractivity contribution in [1.82, 2.24) is 0 Å². The summed E-state index contributed by atoms with van der Waals surface area (Å²) in [6.45, 7) is 3.26. The SMILES string of the molecule is CCCCCCCCCC=CCC1CO1. The van der Waals surface area contributed by atoms with E-state index in [-0.39, 0.29) is 0 Å². The Hall–Kier alpha value is -0.300. The van der Waals surface area contributed by atoms with Gasteiger partial charge in [-0.2, -0.15) is 0 Å². The molecule has 1 heteroatoms. The predicted molar refractivity (Wildman–Crippen MR) is 66.1 cm³/mol. The van der Waals surface area contributed by atoms with E-state index < -0.39 is 0 Å². The van der Waals surface area contributed by atoms with Crippen molar-refractivity contribution in [2.75, 3.05) is 6.61 Å². The average molecular weight is 210 g/mol. The Morgan fingerprint density at radius 2 is 1.67 bits per heavy atom. The zero-order valence-corrected chi connectivity index (χ0v) is 10.2. The van der Waals surface area contributed by atoms with Gasteiger partial charge < -0.3 is 4.74 Å². The molecule has 0 radical (unpaired) electrons. The lowest BCUT2D eigenvalue weighted by atomic mass is 10.1. The van der Waals surface area contributed by atoms with E-state index in [1.807, 2.05) is 0 Å². The van der Waals surface area contributed by atoms with Crippen molar-refractivity contribution in [1.29, 1.82) is 0 Å². The molecular weight excluding hydrogens is 184 g/mol. The normalized spacial score (nSPS) is 19.9. The van der Waals surface area contributed by atoms with E-state index >= 15 is 0 Å². The number of epoxide rings is 1. The van der Waals surface area contributed by atoms with Crippen LogP contribution in [0.25, 0.3) is 0 Å². The number of hydrogen-bond acceptors (Lipinski definition) is 1. The Balaban J connectivity index is 1.70. The minimum absolute atomic E-state index is 0.565. The molecule has 15 heavy (non-hydrogen) atoms. The lowest BCUT2D eigenvalue weighted by molar-refractivity contribution is 0.410. The van der Waals surface area contributed by atoms with Crippen molar-refractivity contribution >= 4 is 0 Å². The lowest BCUT2D eigenvalue weighted by Gasteiger charge is -1.98. The molecule has 1 aliphatic heterocycles. The van der Waals surface area contributed by atoms with Crippen LogP contribution in [0, 0.1) is 0 Å². The molecule has 0 N–H and O–H groups in total. The Kier molecular flexibility index (Phi) is 7.63. The van der Waals surface area contributed by atoms with Gasteiger partial charge in [0.25, 0.3) is 0 Å². The van der Waals surface area contributed by atoms with Crippen molar-refractivity contribution in [2.45, 2.75) is 70.8 Å². The first-order valence-corrected chi connectivity index (χ1v) is 6.70. The smallest absolute Gasteiger partial charge is 0.0844 e. The Morgan fingerprint density at radius 3 is 2.33 bits per heavy atom. The third-order valence-electron chi connectivity index (χ3n) is 2.94. The van der Waals surface area contributed by atoms with Gasteiger partial charge in [0.1, 0.15) is 0 Å². The van der Waals surface area contributed by atoms with E-state index in [1.165, 1.54) is 51.4 Å². The van der Waals surface area contributed by atoms with Crippen LogP contribution < -0.4 is 0 Å². The monoisotopic (exact) mass is 210 g/mol. The summed E-state index contributed by atoms with van der Waals surface area (Å²) >= 11 is 0. The van der Waals surface area contributed by atoms with Crippen LogP contribution in [0.15, 0.2) is 12.2 Å². The second-order valence-electron chi connectivity index (χ2n) is 4.57. The summed E-state index contributed by atoms with van der Waals surface area (Å²) in [6, 6.07) is 0. The van der Waals surface area contributed by atoms with Gasteiger partial charge in [-0.3, -0.25) is 0 Å². The molecular formula is C14H26O. The van der Waals surface area contributed by atoms with Crippen molar-refractivity contribution in [3.05, 3.63) is 12.2 Å². The molecule has 1 rings (SSSR count). The first-order chi connectivity index (χ1) is 7.43. The fourth-order valence-corrected chi connectivity index (χ4v) is 1.79. The maximum atomic E-state index is 5.14. The summed E-state index contributed by atoms with van der Waals surface area (Å²) in [5.74, 6) is 0. The average Bonchev–Trinajstić information content (AvgIpc) is 3.05. The molecule has 1 aliphatic rings. The summed E-state index contributed by atoms with van der Waals surface area (Å²) in [5, 5.41) is 0. The van der Waals surface area contributed by atoms with Crippen LogP contribution in [0.1, 0.15) is 64.7 Å². The Bertz CT molecular complexity index is 159. The highest BCUT2D eigenvalue weighted by atomic mass is 16.6. The molecule has 88 valence electrons. The molecule has 1 unspecified atom stereocenters. The predicted octanol–water partition coefficient (Wildman–Crippen LogP) is 4.47. The Morgan fingerprint density at radius 1 is 1.00 bits per heavy atom. The van der Waals surface area contributed by atoms with E-state index in [2.05, 4.69) is 19.1 Å². The molecule has 0 aliphatic carbocycles. The van der Waals surface area contributed by atoms with E-state index in [1.54, 1.807) is 0 Å². The highest BCUT2D eigenvalue weighted by Crippen LogP contribution is 2.14. The molecule has 1 saturated heterocycles. The molecule has 0 aromatic rings. The molecule has 1 heterocycles. The topological polar surface area (TPSA) is 12.5 Å². The molecule has 0 amide bonds. The summed E-state index contributed by atoms with van der Waals surface area (Å²) in [5.41, 5.74) is 0. The lowest BCUT2D eigenvalue weighted by Crippen LogP contribution is -1.80. The van der Waals surface area contributed by atoms with Crippen molar-refractivity contribution in [3.8, 4) is 0 Å². The maximum absolute atomic E-state index is 5.14. The van der Waals surface area contributed by atoms with Gasteiger partial charge in [-0.05, 0) is 19.3 Å². The third-order valence-corrected chi connectivity index (χ3v) is 2.94. The van der Waals surface area contributed by atoms with Crippen LogP contribution in [0.4, 0.5) is 0 Å². The second-order valence-corrected chi connectivity index (χ2v) is 4.57. The summed E-state index contributed by atoms with van der Waals surface area (Å²) in [4.78, 5) is 0. The van der Waals surface area contributed by atoms with Gasteiger partial charge in [-0.25, -0.2) is 0 Å². The summed E-state index contributed by atoms with van der Waals surface area (Å²) in [7, 11) is 0. The van der Waals surface area contributed by atoms with Gasteiger partial charge in [-0.15, -0.1) is 0 Å². The number of unbranched alkanes of at least 4 members (excludes halogenated alkanes) is 7. The van der Waals surface area contributed by atoms with Gasteiger partial charge in [0.05, 0.1) is 12.7 Å². The van der Waals surface area contributed by atoms with Crippen LogP contribution in [0.3, 0.4) is 0 Å². The molecule has 1 atom stereocenters. The zero-order valence-electron chi connectivity index (χ0n) is 10.2. The van der Waals surface area contributed by atoms with Crippen LogP contribution in [-0.2, 0) is 4.74 Å². The quantitative estimate of drug-likeness (QED) is 0.294. The molecule has 0 aromatic carbocycles. The molecule has 0 spiro atoms. The van der Waals surface area contributed by atoms with Crippen molar-refractivity contribution < 1.29 is 4.74 Å². The zero-order chi connectivity index (χ0) is 10.8. The van der Waals surface area contributed by atoms with Crippen LogP contribution in [0.5, 0.6) is 0 Å². The largest absolute Gasteiger partial charge is 0.373 e. The van der Waals surface area contributed by atoms with Crippen LogP contribution in [0.2, 0.25) is 0 Å². The van der Waals surface area contributed by atoms with Gasteiger partial charge in [0.2, 0.25) is 0 Å². The van der Waals surface area contributed by atoms with E-state index in [0.717, 1.165) is 13.0 Å². The Labute approximate surface area is 94.9 Å².